The Bertz CT molecular complexity index is 594. The van der Waals surface area contributed by atoms with Crippen molar-refractivity contribution in [3.05, 3.63) is 41.2 Å². The highest BCUT2D eigenvalue weighted by atomic mass is 16.5. The fraction of sp³-hybridized carbons (Fsp3) is 0.474. The minimum Gasteiger partial charge on any atom is -0.489 e. The molecule has 2 aliphatic rings. The summed E-state index contributed by atoms with van der Waals surface area (Å²) in [6.07, 6.45) is 10.5. The van der Waals surface area contributed by atoms with Gasteiger partial charge in [-0.25, -0.2) is 0 Å². The number of benzene rings is 1. The van der Waals surface area contributed by atoms with Gasteiger partial charge in [-0.2, -0.15) is 0 Å². The lowest BCUT2D eigenvalue weighted by molar-refractivity contribution is -0.115. The normalized spacial score (nSPS) is 18.8. The van der Waals surface area contributed by atoms with Crippen LogP contribution in [0.3, 0.4) is 0 Å². The van der Waals surface area contributed by atoms with E-state index >= 15 is 0 Å². The van der Waals surface area contributed by atoms with Gasteiger partial charge in [-0.3, -0.25) is 9.59 Å². The average molecular weight is 298 g/mol. The summed E-state index contributed by atoms with van der Waals surface area (Å²) in [7, 11) is 0. The Morgan fingerprint density at radius 2 is 1.77 bits per heavy atom. The largest absolute Gasteiger partial charge is 0.489 e. The van der Waals surface area contributed by atoms with E-state index in [9.17, 15) is 9.59 Å². The van der Waals surface area contributed by atoms with Crippen molar-refractivity contribution in [2.75, 3.05) is 6.61 Å². The molecule has 0 aromatic heterocycles. The van der Waals surface area contributed by atoms with E-state index in [0.717, 1.165) is 24.3 Å². The van der Waals surface area contributed by atoms with Crippen LogP contribution in [0.1, 0.15) is 60.9 Å². The number of ketones is 2. The van der Waals surface area contributed by atoms with Crippen LogP contribution in [0.15, 0.2) is 30.0 Å². The van der Waals surface area contributed by atoms with Crippen LogP contribution in [0.2, 0.25) is 0 Å². The van der Waals surface area contributed by atoms with Crippen molar-refractivity contribution in [2.45, 2.75) is 44.9 Å². The zero-order valence-electron chi connectivity index (χ0n) is 12.8. The lowest BCUT2D eigenvalue weighted by atomic mass is 9.86. The van der Waals surface area contributed by atoms with Crippen molar-refractivity contribution in [1.29, 1.82) is 0 Å². The van der Waals surface area contributed by atoms with Gasteiger partial charge in [-0.15, -0.1) is 0 Å². The van der Waals surface area contributed by atoms with Crippen LogP contribution in [-0.4, -0.2) is 18.2 Å². The Morgan fingerprint density at radius 3 is 2.59 bits per heavy atom. The van der Waals surface area contributed by atoms with Gasteiger partial charge < -0.3 is 4.74 Å². The van der Waals surface area contributed by atoms with Gasteiger partial charge in [0.15, 0.2) is 5.76 Å². The maximum atomic E-state index is 12.0. The summed E-state index contributed by atoms with van der Waals surface area (Å²) in [5.74, 6) is 0.0415. The van der Waals surface area contributed by atoms with Crippen molar-refractivity contribution in [3.8, 4) is 0 Å². The van der Waals surface area contributed by atoms with Gasteiger partial charge in [0, 0.05) is 5.56 Å². The summed E-state index contributed by atoms with van der Waals surface area (Å²) in [6.45, 7) is 0.517. The third kappa shape index (κ3) is 3.29. The second-order valence-electron chi connectivity index (χ2n) is 6.25. The Balaban J connectivity index is 1.55. The maximum Gasteiger partial charge on any atom is 0.268 e. The van der Waals surface area contributed by atoms with Crippen LogP contribution < -0.4 is 0 Å². The third-order valence-corrected chi connectivity index (χ3v) is 4.66. The molecular formula is C19H22O3. The first-order chi connectivity index (χ1) is 10.8. The topological polar surface area (TPSA) is 43.4 Å². The van der Waals surface area contributed by atoms with Crippen LogP contribution in [0.4, 0.5) is 0 Å². The molecule has 1 aromatic rings. The Kier molecular flexibility index (Phi) is 4.71. The molecule has 3 rings (SSSR count). The summed E-state index contributed by atoms with van der Waals surface area (Å²) in [6, 6.07) is 7.16. The molecule has 0 atom stereocenters. The van der Waals surface area contributed by atoms with E-state index in [1.807, 2.05) is 12.1 Å². The predicted molar refractivity (Wildman–Crippen MR) is 85.5 cm³/mol. The van der Waals surface area contributed by atoms with Crippen LogP contribution in [0.5, 0.6) is 0 Å². The molecule has 0 heterocycles. The second kappa shape index (κ2) is 6.91. The molecule has 22 heavy (non-hydrogen) atoms. The first kappa shape index (κ1) is 15.0. The molecule has 0 radical (unpaired) electrons. The second-order valence-corrected chi connectivity index (χ2v) is 6.25. The van der Waals surface area contributed by atoms with E-state index in [1.165, 1.54) is 32.1 Å². The quantitative estimate of drug-likeness (QED) is 0.605. The number of ether oxygens (including phenoxy) is 1. The molecule has 1 aromatic carbocycles. The van der Waals surface area contributed by atoms with E-state index in [4.69, 9.17) is 4.74 Å². The summed E-state index contributed by atoms with van der Waals surface area (Å²) in [5, 5.41) is 0. The number of allylic oxidation sites excluding steroid dienone is 1. The molecular weight excluding hydrogens is 276 g/mol. The van der Waals surface area contributed by atoms with Crippen molar-refractivity contribution in [2.24, 2.45) is 5.92 Å². The van der Waals surface area contributed by atoms with Gasteiger partial charge in [0.1, 0.15) is 0 Å². The molecule has 2 aliphatic carbocycles. The van der Waals surface area contributed by atoms with Gasteiger partial charge in [-0.05, 0) is 30.4 Å². The first-order valence-electron chi connectivity index (χ1n) is 8.28. The number of rotatable bonds is 5. The highest BCUT2D eigenvalue weighted by Crippen LogP contribution is 2.27. The van der Waals surface area contributed by atoms with Crippen molar-refractivity contribution in [3.63, 3.8) is 0 Å². The molecule has 3 nitrogen and oxygen atoms in total. The van der Waals surface area contributed by atoms with Crippen LogP contribution in [0.25, 0.3) is 6.08 Å². The molecule has 0 N–H and O–H groups in total. The van der Waals surface area contributed by atoms with Crippen molar-refractivity contribution < 1.29 is 14.3 Å². The average Bonchev–Trinajstić information content (AvgIpc) is 2.57. The standard InChI is InChI=1S/C19H22O3/c20-18-16-11-5-4-10-15(16)13-17(19(18)21)22-12-6-9-14-7-2-1-3-8-14/h4-5,10-11,13-14H,1-3,6-9,12H2. The maximum absolute atomic E-state index is 12.0. The Labute approximate surface area is 131 Å². The summed E-state index contributed by atoms with van der Waals surface area (Å²) in [5.41, 5.74) is 1.25. The van der Waals surface area contributed by atoms with E-state index in [0.29, 0.717) is 12.2 Å². The van der Waals surface area contributed by atoms with Gasteiger partial charge >= 0.3 is 0 Å². The fourth-order valence-electron chi connectivity index (χ4n) is 3.41. The first-order valence-corrected chi connectivity index (χ1v) is 8.28. The molecule has 1 saturated carbocycles. The minimum atomic E-state index is -0.517. The third-order valence-electron chi connectivity index (χ3n) is 4.66. The monoisotopic (exact) mass is 298 g/mol. The summed E-state index contributed by atoms with van der Waals surface area (Å²) in [4.78, 5) is 24.1. The smallest absolute Gasteiger partial charge is 0.268 e. The van der Waals surface area contributed by atoms with E-state index in [2.05, 4.69) is 0 Å². The molecule has 116 valence electrons. The van der Waals surface area contributed by atoms with Gasteiger partial charge in [-0.1, -0.05) is 56.4 Å². The highest BCUT2D eigenvalue weighted by molar-refractivity contribution is 6.51. The van der Waals surface area contributed by atoms with E-state index in [1.54, 1.807) is 18.2 Å². The van der Waals surface area contributed by atoms with Crippen molar-refractivity contribution in [1.82, 2.24) is 0 Å². The van der Waals surface area contributed by atoms with Gasteiger partial charge in [0.2, 0.25) is 5.78 Å². The molecule has 0 saturated heterocycles. The predicted octanol–water partition coefficient (Wildman–Crippen LogP) is 4.17. The molecule has 1 fully saturated rings. The number of Topliss-reactive ketones (excluding diaryl/α,β-unsaturated/α-hetero) is 2. The summed E-state index contributed by atoms with van der Waals surface area (Å²) >= 11 is 0. The molecule has 0 amide bonds. The molecule has 0 spiro atoms. The number of carbonyl (C=O) groups excluding carboxylic acids is 2. The van der Waals surface area contributed by atoms with E-state index < -0.39 is 11.6 Å². The Morgan fingerprint density at radius 1 is 1.00 bits per heavy atom. The number of hydrogen-bond acceptors (Lipinski definition) is 3. The fourth-order valence-corrected chi connectivity index (χ4v) is 3.41. The van der Waals surface area contributed by atoms with Gasteiger partial charge in [0.05, 0.1) is 6.61 Å². The van der Waals surface area contributed by atoms with E-state index in [-0.39, 0.29) is 5.76 Å². The van der Waals surface area contributed by atoms with Gasteiger partial charge in [0.25, 0.3) is 5.78 Å². The molecule has 0 bridgehead atoms. The zero-order chi connectivity index (χ0) is 15.4. The SMILES string of the molecule is O=C1C(=O)c2ccccc2C=C1OCCCC1CCCCC1. The van der Waals surface area contributed by atoms with Crippen molar-refractivity contribution >= 4 is 17.6 Å². The molecule has 0 unspecified atom stereocenters. The van der Waals surface area contributed by atoms with Crippen LogP contribution in [-0.2, 0) is 9.53 Å². The number of hydrogen-bond donors (Lipinski definition) is 0. The molecule has 0 aliphatic heterocycles. The van der Waals surface area contributed by atoms with Crippen LogP contribution in [0, 0.1) is 5.92 Å². The molecule has 3 heteroatoms. The number of carbonyl (C=O) groups is 2. The lowest BCUT2D eigenvalue weighted by Gasteiger charge is -2.21. The minimum absolute atomic E-state index is 0.201. The summed E-state index contributed by atoms with van der Waals surface area (Å²) < 4.78 is 5.60. The lowest BCUT2D eigenvalue weighted by Crippen LogP contribution is -2.23. The highest BCUT2D eigenvalue weighted by Gasteiger charge is 2.28. The van der Waals surface area contributed by atoms with Crippen LogP contribution >= 0.6 is 0 Å². The Hall–Kier alpha value is -1.90. The number of fused-ring (bicyclic) bond motifs is 1. The zero-order valence-corrected chi connectivity index (χ0v) is 12.8.